The molecule has 2 saturated carbocycles. The average Bonchev–Trinajstić information content (AvgIpc) is 3.61. The van der Waals surface area contributed by atoms with Crippen LogP contribution in [0.2, 0.25) is 0 Å². The van der Waals surface area contributed by atoms with Gasteiger partial charge in [0.25, 0.3) is 0 Å². The maximum atomic E-state index is 9.29. The number of guanidine groups is 2. The van der Waals surface area contributed by atoms with E-state index in [2.05, 4.69) is 62.2 Å². The van der Waals surface area contributed by atoms with E-state index >= 15 is 0 Å². The lowest BCUT2D eigenvalue weighted by molar-refractivity contribution is 0.289. The normalized spacial score (nSPS) is 22.9. The van der Waals surface area contributed by atoms with Crippen LogP contribution in [0, 0.1) is 17.2 Å². The molecule has 6 nitrogen and oxygen atoms in total. The van der Waals surface area contributed by atoms with Crippen molar-refractivity contribution in [1.29, 1.82) is 5.41 Å². The van der Waals surface area contributed by atoms with E-state index in [4.69, 9.17) is 5.73 Å². The summed E-state index contributed by atoms with van der Waals surface area (Å²) in [6.45, 7) is 4.89. The van der Waals surface area contributed by atoms with Crippen molar-refractivity contribution in [3.63, 3.8) is 0 Å². The van der Waals surface area contributed by atoms with Crippen molar-refractivity contribution in [3.8, 4) is 0 Å². The van der Waals surface area contributed by atoms with E-state index in [9.17, 15) is 5.41 Å². The van der Waals surface area contributed by atoms with Gasteiger partial charge in [0.05, 0.1) is 18.6 Å². The topological polar surface area (TPSA) is 71.9 Å². The first-order valence-electron chi connectivity index (χ1n) is 19.8. The summed E-state index contributed by atoms with van der Waals surface area (Å²) in [7, 11) is 0. The molecule has 2 aromatic rings. The Hall–Kier alpha value is -2.76. The van der Waals surface area contributed by atoms with Gasteiger partial charge in [-0.15, -0.1) is 0 Å². The van der Waals surface area contributed by atoms with Gasteiger partial charge in [0, 0.05) is 26.2 Å². The number of hydrogen-bond acceptors (Lipinski definition) is 4. The van der Waals surface area contributed by atoms with Crippen molar-refractivity contribution in [1.82, 2.24) is 14.7 Å². The first-order chi connectivity index (χ1) is 23.2. The molecule has 4 aliphatic rings. The summed E-state index contributed by atoms with van der Waals surface area (Å²) >= 11 is 0. The van der Waals surface area contributed by atoms with E-state index in [1.807, 2.05) is 0 Å². The van der Waals surface area contributed by atoms with Crippen LogP contribution in [0.5, 0.6) is 0 Å². The highest BCUT2D eigenvalue weighted by Crippen LogP contribution is 2.30. The molecule has 2 heterocycles. The zero-order valence-electron chi connectivity index (χ0n) is 29.4. The molecule has 0 aromatic heterocycles. The standard InChI is InChI=1S/C41H64N6/c42-40-44-31-37(46(40)28-13-9-20-33-16-3-1-4-17-33)25-11-12-27-45-32-38(30-36-24-15-23-35-22-7-8-26-39(35)36)47(41(45)43)29-14-10-21-34-18-5-2-6-19-34/h7-8,15,22-24,26,33-34,37-38,43H,1-6,9-14,16-21,25,27-32H2,(H2,42,44)/t37-,38+/m0/s1. The van der Waals surface area contributed by atoms with E-state index in [0.717, 1.165) is 75.7 Å². The molecule has 258 valence electrons. The quantitative estimate of drug-likeness (QED) is 0.169. The van der Waals surface area contributed by atoms with Gasteiger partial charge in [-0.25, -0.2) is 0 Å². The molecular weight excluding hydrogens is 576 g/mol. The van der Waals surface area contributed by atoms with Gasteiger partial charge in [-0.2, -0.15) is 0 Å². The molecule has 0 radical (unpaired) electrons. The minimum Gasteiger partial charge on any atom is -0.370 e. The number of rotatable bonds is 17. The van der Waals surface area contributed by atoms with Crippen LogP contribution < -0.4 is 5.73 Å². The number of nitrogens with zero attached hydrogens (tertiary/aromatic N) is 4. The molecule has 6 heteroatoms. The molecule has 2 atom stereocenters. The second-order valence-corrected chi connectivity index (χ2v) is 15.5. The van der Waals surface area contributed by atoms with Gasteiger partial charge in [-0.05, 0) is 66.7 Å². The molecule has 2 aromatic carbocycles. The Morgan fingerprint density at radius 1 is 0.660 bits per heavy atom. The van der Waals surface area contributed by atoms with Gasteiger partial charge in [0.15, 0.2) is 11.9 Å². The van der Waals surface area contributed by atoms with Crippen LogP contribution in [-0.4, -0.2) is 71.4 Å². The summed E-state index contributed by atoms with van der Waals surface area (Å²) in [4.78, 5) is 11.9. The van der Waals surface area contributed by atoms with Crippen LogP contribution in [0.4, 0.5) is 0 Å². The Kier molecular flexibility index (Phi) is 12.8. The van der Waals surface area contributed by atoms with Crippen molar-refractivity contribution in [2.45, 2.75) is 141 Å². The third kappa shape index (κ3) is 9.44. The summed E-state index contributed by atoms with van der Waals surface area (Å²) in [5, 5.41) is 12.0. The second-order valence-electron chi connectivity index (χ2n) is 15.5. The van der Waals surface area contributed by atoms with Crippen molar-refractivity contribution < 1.29 is 0 Å². The number of nitrogens with one attached hydrogen (secondary N) is 1. The SMILES string of the molecule is N=C1N(CCCC[C@H]2CN=C(N)N2CCCCC2CCCCC2)C[C@@H](Cc2cccc3ccccc23)N1CCCCC1CCCCC1. The minimum atomic E-state index is 0.370. The third-order valence-electron chi connectivity index (χ3n) is 12.2. The molecule has 47 heavy (non-hydrogen) atoms. The predicted octanol–water partition coefficient (Wildman–Crippen LogP) is 8.97. The zero-order valence-corrected chi connectivity index (χ0v) is 29.4. The van der Waals surface area contributed by atoms with E-state index in [0.29, 0.717) is 12.1 Å². The van der Waals surface area contributed by atoms with Gasteiger partial charge in [-0.3, -0.25) is 10.4 Å². The predicted molar refractivity (Wildman–Crippen MR) is 199 cm³/mol. The average molecular weight is 641 g/mol. The highest BCUT2D eigenvalue weighted by atomic mass is 15.4. The maximum Gasteiger partial charge on any atom is 0.194 e. The molecule has 2 aliphatic carbocycles. The van der Waals surface area contributed by atoms with Crippen LogP contribution >= 0.6 is 0 Å². The number of aliphatic imine (C=N–C) groups is 1. The fourth-order valence-corrected chi connectivity index (χ4v) is 9.36. The van der Waals surface area contributed by atoms with E-state index in [-0.39, 0.29) is 0 Å². The summed E-state index contributed by atoms with van der Waals surface area (Å²) in [6.07, 6.45) is 26.7. The van der Waals surface area contributed by atoms with Gasteiger partial charge in [-0.1, -0.05) is 132 Å². The Morgan fingerprint density at radius 3 is 2.00 bits per heavy atom. The second kappa shape index (κ2) is 17.6. The third-order valence-corrected chi connectivity index (χ3v) is 12.2. The minimum absolute atomic E-state index is 0.370. The summed E-state index contributed by atoms with van der Waals surface area (Å²) in [6, 6.07) is 16.4. The van der Waals surface area contributed by atoms with Crippen LogP contribution in [0.25, 0.3) is 10.8 Å². The smallest absolute Gasteiger partial charge is 0.194 e. The Bertz CT molecular complexity index is 1270. The van der Waals surface area contributed by atoms with Gasteiger partial charge in [0.2, 0.25) is 0 Å². The molecule has 0 amide bonds. The summed E-state index contributed by atoms with van der Waals surface area (Å²) < 4.78 is 0. The molecule has 0 spiro atoms. The monoisotopic (exact) mass is 641 g/mol. The molecule has 6 rings (SSSR count). The highest BCUT2D eigenvalue weighted by molar-refractivity contribution is 5.86. The lowest BCUT2D eigenvalue weighted by Crippen LogP contribution is -2.41. The Balaban J connectivity index is 0.980. The molecule has 3 N–H and O–H groups in total. The molecule has 0 bridgehead atoms. The Morgan fingerprint density at radius 2 is 1.28 bits per heavy atom. The lowest BCUT2D eigenvalue weighted by Gasteiger charge is -2.27. The van der Waals surface area contributed by atoms with Crippen molar-refractivity contribution in [3.05, 3.63) is 48.0 Å². The number of benzene rings is 2. The first-order valence-corrected chi connectivity index (χ1v) is 19.8. The maximum absolute atomic E-state index is 9.29. The van der Waals surface area contributed by atoms with Gasteiger partial charge >= 0.3 is 0 Å². The molecule has 2 aliphatic heterocycles. The van der Waals surface area contributed by atoms with Crippen LogP contribution in [0.3, 0.4) is 0 Å². The van der Waals surface area contributed by atoms with Gasteiger partial charge in [0.1, 0.15) is 0 Å². The summed E-state index contributed by atoms with van der Waals surface area (Å²) in [5.74, 6) is 3.45. The van der Waals surface area contributed by atoms with Gasteiger partial charge < -0.3 is 20.4 Å². The largest absolute Gasteiger partial charge is 0.370 e. The number of hydrogen-bond donors (Lipinski definition) is 2. The van der Waals surface area contributed by atoms with Crippen molar-refractivity contribution in [2.24, 2.45) is 22.6 Å². The van der Waals surface area contributed by atoms with E-state index in [1.165, 1.54) is 125 Å². The van der Waals surface area contributed by atoms with E-state index in [1.54, 1.807) is 0 Å². The zero-order chi connectivity index (χ0) is 32.3. The van der Waals surface area contributed by atoms with E-state index < -0.39 is 0 Å². The fourth-order valence-electron chi connectivity index (χ4n) is 9.36. The molecule has 0 unspecified atom stereocenters. The number of unbranched alkanes of at least 4 members (excludes halogenated alkanes) is 3. The molecule has 1 saturated heterocycles. The lowest BCUT2D eigenvalue weighted by atomic mass is 9.86. The molecule has 3 fully saturated rings. The summed E-state index contributed by atoms with van der Waals surface area (Å²) in [5.41, 5.74) is 7.79. The number of nitrogens with two attached hydrogens (primary N) is 1. The number of fused-ring (bicyclic) bond motifs is 1. The van der Waals surface area contributed by atoms with Crippen LogP contribution in [0.15, 0.2) is 47.5 Å². The van der Waals surface area contributed by atoms with Crippen LogP contribution in [-0.2, 0) is 6.42 Å². The Labute approximate surface area is 286 Å². The van der Waals surface area contributed by atoms with Crippen molar-refractivity contribution in [2.75, 3.05) is 32.7 Å². The van der Waals surface area contributed by atoms with Crippen LogP contribution in [0.1, 0.15) is 128 Å². The molecular formula is C41H64N6. The fraction of sp³-hybridized carbons (Fsp3) is 0.707. The van der Waals surface area contributed by atoms with Crippen molar-refractivity contribution >= 4 is 22.7 Å². The first kappa shape index (κ1) is 34.1. The highest BCUT2D eigenvalue weighted by Gasteiger charge is 2.34.